The molecule has 1 heterocycles. The largest absolute Gasteiger partial charge is 0.358 e. The van der Waals surface area contributed by atoms with E-state index in [0.717, 1.165) is 0 Å². The number of rotatable bonds is 4. The van der Waals surface area contributed by atoms with Crippen molar-refractivity contribution >= 4 is 33.3 Å². The Labute approximate surface area is 168 Å². The second-order valence-electron chi connectivity index (χ2n) is 7.00. The molecule has 0 aliphatic heterocycles. The third-order valence-corrected chi connectivity index (χ3v) is 5.52. The minimum atomic E-state index is -4.06. The molecule has 0 unspecified atom stereocenters. The van der Waals surface area contributed by atoms with Gasteiger partial charge in [0, 0.05) is 21.5 Å². The number of halogens is 2. The maximum absolute atomic E-state index is 12.7. The Morgan fingerprint density at radius 3 is 2.22 bits per heavy atom. The van der Waals surface area contributed by atoms with Gasteiger partial charge in [-0.3, -0.25) is 0 Å². The van der Waals surface area contributed by atoms with Crippen LogP contribution >= 0.6 is 23.2 Å². The van der Waals surface area contributed by atoms with Gasteiger partial charge in [-0.05, 0) is 42.5 Å². The van der Waals surface area contributed by atoms with Gasteiger partial charge in [-0.2, -0.15) is 18.2 Å². The molecular formula is C19H18Cl2N2O3S. The van der Waals surface area contributed by atoms with Gasteiger partial charge in [0.25, 0.3) is 0 Å². The Kier molecular flexibility index (Phi) is 5.25. The first-order valence-electron chi connectivity index (χ1n) is 8.13. The van der Waals surface area contributed by atoms with Crippen molar-refractivity contribution in [2.75, 3.05) is 0 Å². The maximum Gasteiger partial charge on any atom is 0.340 e. The molecule has 0 aliphatic carbocycles. The molecule has 5 nitrogen and oxygen atoms in total. The van der Waals surface area contributed by atoms with Gasteiger partial charge in [-0.1, -0.05) is 50.0 Å². The highest BCUT2D eigenvalue weighted by Gasteiger charge is 2.25. The Morgan fingerprint density at radius 2 is 1.63 bits per heavy atom. The third kappa shape index (κ3) is 4.46. The molecule has 1 aromatic heterocycles. The average molecular weight is 425 g/mol. The molecule has 0 saturated heterocycles. The van der Waals surface area contributed by atoms with E-state index in [9.17, 15) is 8.42 Å². The van der Waals surface area contributed by atoms with Crippen molar-refractivity contribution in [3.05, 3.63) is 70.3 Å². The molecule has 0 atom stereocenters. The van der Waals surface area contributed by atoms with E-state index in [0.29, 0.717) is 21.4 Å². The Balaban J connectivity index is 2.08. The van der Waals surface area contributed by atoms with Crippen molar-refractivity contribution in [2.45, 2.75) is 31.1 Å². The second-order valence-corrected chi connectivity index (χ2v) is 9.42. The van der Waals surface area contributed by atoms with Crippen LogP contribution in [0.15, 0.2) is 59.5 Å². The molecule has 0 fully saturated rings. The molecule has 0 saturated carbocycles. The third-order valence-electron chi connectivity index (χ3n) is 3.80. The monoisotopic (exact) mass is 424 g/mol. The lowest BCUT2D eigenvalue weighted by atomic mass is 9.93. The first-order chi connectivity index (χ1) is 12.6. The van der Waals surface area contributed by atoms with Crippen LogP contribution in [0.25, 0.3) is 5.69 Å². The topological polar surface area (TPSA) is 61.2 Å². The van der Waals surface area contributed by atoms with Gasteiger partial charge in [-0.25, -0.2) is 0 Å². The smallest absolute Gasteiger partial charge is 0.340 e. The summed E-state index contributed by atoms with van der Waals surface area (Å²) in [5, 5.41) is 5.48. The molecule has 3 aromatic rings. The summed E-state index contributed by atoms with van der Waals surface area (Å²) in [4.78, 5) is 0.00283. The molecule has 0 aliphatic rings. The van der Waals surface area contributed by atoms with Crippen molar-refractivity contribution in [1.82, 2.24) is 9.78 Å². The van der Waals surface area contributed by atoms with E-state index in [1.807, 2.05) is 20.8 Å². The number of hydrogen-bond acceptors (Lipinski definition) is 4. The Bertz CT molecular complexity index is 1070. The first-order valence-corrected chi connectivity index (χ1v) is 10.3. The van der Waals surface area contributed by atoms with E-state index < -0.39 is 10.1 Å². The van der Waals surface area contributed by atoms with Crippen LogP contribution < -0.4 is 4.18 Å². The molecule has 0 radical (unpaired) electrons. The lowest BCUT2D eigenvalue weighted by molar-refractivity contribution is 0.464. The standard InChI is InChI=1S/C19H18Cl2N2O3S/c1-19(2,3)17-12-18(23(22-17)15-6-4-5-14(21)11-15)26-27(24,25)16-9-7-13(20)8-10-16/h4-12H,1-3H3. The van der Waals surface area contributed by atoms with Crippen LogP contribution in [0.3, 0.4) is 0 Å². The van der Waals surface area contributed by atoms with E-state index in [-0.39, 0.29) is 16.2 Å². The highest BCUT2D eigenvalue weighted by Crippen LogP contribution is 2.30. The summed E-state index contributed by atoms with van der Waals surface area (Å²) in [6.45, 7) is 5.94. The predicted molar refractivity (Wildman–Crippen MR) is 107 cm³/mol. The lowest BCUT2D eigenvalue weighted by Gasteiger charge is -2.13. The summed E-state index contributed by atoms with van der Waals surface area (Å²) in [7, 11) is -4.06. The van der Waals surface area contributed by atoms with E-state index in [2.05, 4.69) is 5.10 Å². The first kappa shape index (κ1) is 19.7. The summed E-state index contributed by atoms with van der Waals surface area (Å²) in [6.07, 6.45) is 0. The van der Waals surface area contributed by atoms with Crippen LogP contribution in [0.2, 0.25) is 10.0 Å². The fourth-order valence-corrected chi connectivity index (χ4v) is 3.56. The summed E-state index contributed by atoms with van der Waals surface area (Å²) >= 11 is 11.9. The van der Waals surface area contributed by atoms with E-state index >= 15 is 0 Å². The van der Waals surface area contributed by atoms with Gasteiger partial charge < -0.3 is 4.18 Å². The zero-order valence-electron chi connectivity index (χ0n) is 15.0. The molecule has 27 heavy (non-hydrogen) atoms. The molecule has 142 valence electrons. The number of nitrogens with zero attached hydrogens (tertiary/aromatic N) is 2. The van der Waals surface area contributed by atoms with Gasteiger partial charge in [0.15, 0.2) is 0 Å². The lowest BCUT2D eigenvalue weighted by Crippen LogP contribution is -2.13. The van der Waals surface area contributed by atoms with Gasteiger partial charge in [0.2, 0.25) is 5.88 Å². The fraction of sp³-hybridized carbons (Fsp3) is 0.211. The normalized spacial score (nSPS) is 12.2. The highest BCUT2D eigenvalue weighted by molar-refractivity contribution is 7.87. The van der Waals surface area contributed by atoms with Crippen LogP contribution in [0.4, 0.5) is 0 Å². The van der Waals surface area contributed by atoms with Crippen LogP contribution in [-0.2, 0) is 15.5 Å². The quantitative estimate of drug-likeness (QED) is 0.536. The molecule has 8 heteroatoms. The van der Waals surface area contributed by atoms with Crippen molar-refractivity contribution in [2.24, 2.45) is 0 Å². The molecular weight excluding hydrogens is 407 g/mol. The van der Waals surface area contributed by atoms with Crippen LogP contribution in [0, 0.1) is 0 Å². The van der Waals surface area contributed by atoms with Gasteiger partial charge in [-0.15, -0.1) is 0 Å². The highest BCUT2D eigenvalue weighted by atomic mass is 35.5. The summed E-state index contributed by atoms with van der Waals surface area (Å²) in [5.41, 5.74) is 0.981. The molecule has 2 aromatic carbocycles. The minimum absolute atomic E-state index is 0.00283. The fourth-order valence-electron chi connectivity index (χ4n) is 2.34. The van der Waals surface area contributed by atoms with Crippen LogP contribution in [-0.4, -0.2) is 18.2 Å². The molecule has 0 amide bonds. The van der Waals surface area contributed by atoms with E-state index in [4.69, 9.17) is 27.4 Å². The number of hydrogen-bond donors (Lipinski definition) is 0. The number of aromatic nitrogens is 2. The SMILES string of the molecule is CC(C)(C)c1cc(OS(=O)(=O)c2ccc(Cl)cc2)n(-c2cccc(Cl)c2)n1. The zero-order chi connectivity index (χ0) is 19.8. The van der Waals surface area contributed by atoms with Gasteiger partial charge >= 0.3 is 10.1 Å². The van der Waals surface area contributed by atoms with Crippen molar-refractivity contribution in [3.8, 4) is 11.6 Å². The van der Waals surface area contributed by atoms with Crippen molar-refractivity contribution in [1.29, 1.82) is 0 Å². The second kappa shape index (κ2) is 7.19. The van der Waals surface area contributed by atoms with Crippen LogP contribution in [0.5, 0.6) is 5.88 Å². The molecule has 0 spiro atoms. The molecule has 0 bridgehead atoms. The zero-order valence-corrected chi connectivity index (χ0v) is 17.3. The van der Waals surface area contributed by atoms with Crippen molar-refractivity contribution in [3.63, 3.8) is 0 Å². The molecule has 0 N–H and O–H groups in total. The van der Waals surface area contributed by atoms with E-state index in [1.54, 1.807) is 30.3 Å². The number of benzene rings is 2. The summed E-state index contributed by atoms with van der Waals surface area (Å²) in [6, 6.07) is 14.3. The minimum Gasteiger partial charge on any atom is -0.358 e. The van der Waals surface area contributed by atoms with Gasteiger partial charge in [0.1, 0.15) is 4.90 Å². The summed E-state index contributed by atoms with van der Waals surface area (Å²) in [5.74, 6) is 0.0807. The Morgan fingerprint density at radius 1 is 0.963 bits per heavy atom. The summed E-state index contributed by atoms with van der Waals surface area (Å²) < 4.78 is 32.2. The van der Waals surface area contributed by atoms with Gasteiger partial charge in [0.05, 0.1) is 11.4 Å². The van der Waals surface area contributed by atoms with Crippen LogP contribution in [0.1, 0.15) is 26.5 Å². The molecule has 3 rings (SSSR count). The maximum atomic E-state index is 12.7. The average Bonchev–Trinajstić information content (AvgIpc) is 2.98. The van der Waals surface area contributed by atoms with Crippen molar-refractivity contribution < 1.29 is 12.6 Å². The van der Waals surface area contributed by atoms with E-state index in [1.165, 1.54) is 28.9 Å². The Hall–Kier alpha value is -2.02. The predicted octanol–water partition coefficient (Wildman–Crippen LogP) is 5.24.